The lowest BCUT2D eigenvalue weighted by Gasteiger charge is -2.29. The highest BCUT2D eigenvalue weighted by molar-refractivity contribution is 6.31. The van der Waals surface area contributed by atoms with E-state index in [1.807, 2.05) is 0 Å². The van der Waals surface area contributed by atoms with Crippen LogP contribution in [0.5, 0.6) is 0 Å². The first-order valence-corrected chi connectivity index (χ1v) is 5.36. The zero-order valence-electron chi connectivity index (χ0n) is 8.93. The highest BCUT2D eigenvalue weighted by Crippen LogP contribution is 2.23. The topological polar surface area (TPSA) is 27.7 Å². The summed E-state index contributed by atoms with van der Waals surface area (Å²) in [5, 5.41) is 0.262. The Morgan fingerprint density at radius 3 is 1.58 bits per heavy atom. The van der Waals surface area contributed by atoms with Crippen molar-refractivity contribution in [3.8, 4) is 0 Å². The summed E-state index contributed by atoms with van der Waals surface area (Å²) in [4.78, 5) is 0. The van der Waals surface area contributed by atoms with Gasteiger partial charge < -0.3 is 13.9 Å². The van der Waals surface area contributed by atoms with Gasteiger partial charge in [0.05, 0.1) is 0 Å². The number of hydrogen-bond donors (Lipinski definition) is 0. The van der Waals surface area contributed by atoms with Crippen LogP contribution in [0.1, 0.15) is 27.7 Å². The molecule has 0 saturated heterocycles. The summed E-state index contributed by atoms with van der Waals surface area (Å²) in [6.45, 7) is 8.26. The summed E-state index contributed by atoms with van der Waals surface area (Å²) in [6.07, 6.45) is 0. The highest BCUT2D eigenvalue weighted by atomic mass is 28.2. The quantitative estimate of drug-likeness (QED) is 0.496. The fourth-order valence-corrected chi connectivity index (χ4v) is 1.48. The Labute approximate surface area is 77.3 Å². The molecule has 0 aromatic carbocycles. The van der Waals surface area contributed by atoms with Gasteiger partial charge in [0, 0.05) is 21.1 Å². The van der Waals surface area contributed by atoms with Gasteiger partial charge in [-0.3, -0.25) is 0 Å². The van der Waals surface area contributed by atoms with E-state index in [-0.39, 0.29) is 5.04 Å². The van der Waals surface area contributed by atoms with Crippen LogP contribution in [0, 0.1) is 0 Å². The van der Waals surface area contributed by atoms with E-state index in [0.29, 0.717) is 0 Å². The largest absolute Gasteiger partial charge is 0.376 e. The van der Waals surface area contributed by atoms with E-state index in [1.165, 1.54) is 0 Å². The van der Waals surface area contributed by atoms with Crippen molar-refractivity contribution in [3.63, 3.8) is 0 Å². The minimum atomic E-state index is -0.848. The third-order valence-electron chi connectivity index (χ3n) is 1.51. The van der Waals surface area contributed by atoms with Gasteiger partial charge in [-0.15, -0.1) is 0 Å². The first kappa shape index (κ1) is 12.1. The molecule has 0 aliphatic heterocycles. The Kier molecular flexibility index (Phi) is 4.40. The van der Waals surface area contributed by atoms with Crippen LogP contribution in [-0.4, -0.2) is 30.0 Å². The second-order valence-electron chi connectivity index (χ2n) is 4.12. The van der Waals surface area contributed by atoms with Crippen LogP contribution < -0.4 is 0 Å². The van der Waals surface area contributed by atoms with Crippen molar-refractivity contribution in [2.24, 2.45) is 0 Å². The SMILES string of the molecule is COC(C)(OC)O[SiH2]C(C)(C)C. The summed E-state index contributed by atoms with van der Waals surface area (Å²) < 4.78 is 15.7. The molecule has 0 fully saturated rings. The van der Waals surface area contributed by atoms with Crippen molar-refractivity contribution in [2.45, 2.75) is 38.7 Å². The summed E-state index contributed by atoms with van der Waals surface area (Å²) >= 11 is 0. The van der Waals surface area contributed by atoms with Crippen LogP contribution >= 0.6 is 0 Å². The van der Waals surface area contributed by atoms with E-state index >= 15 is 0 Å². The molecule has 74 valence electrons. The maximum absolute atomic E-state index is 5.59. The minimum Gasteiger partial charge on any atom is -0.376 e. The molecular weight excluding hydrogens is 172 g/mol. The maximum Gasteiger partial charge on any atom is 0.269 e. The van der Waals surface area contributed by atoms with Gasteiger partial charge in [0.1, 0.15) is 0 Å². The number of hydrogen-bond acceptors (Lipinski definition) is 3. The van der Waals surface area contributed by atoms with Crippen LogP contribution in [0.15, 0.2) is 0 Å². The molecule has 0 aliphatic rings. The fraction of sp³-hybridized carbons (Fsp3) is 1.00. The van der Waals surface area contributed by atoms with Crippen LogP contribution in [0.2, 0.25) is 5.04 Å². The highest BCUT2D eigenvalue weighted by Gasteiger charge is 2.26. The zero-order valence-corrected chi connectivity index (χ0v) is 10.3. The molecular formula is C8H20O3Si. The standard InChI is InChI=1S/C8H20O3Si/c1-7(2,3)12-11-8(4,9-5)10-6/h12H2,1-6H3. The lowest BCUT2D eigenvalue weighted by Crippen LogP contribution is -2.36. The summed E-state index contributed by atoms with van der Waals surface area (Å²) in [7, 11) is 2.54. The molecule has 0 saturated carbocycles. The predicted octanol–water partition coefficient (Wildman–Crippen LogP) is 1.27. The van der Waals surface area contributed by atoms with E-state index in [0.717, 1.165) is 0 Å². The van der Waals surface area contributed by atoms with Crippen molar-refractivity contribution in [1.29, 1.82) is 0 Å². The fourth-order valence-electron chi connectivity index (χ4n) is 0.549. The first-order valence-electron chi connectivity index (χ1n) is 4.07. The smallest absolute Gasteiger partial charge is 0.269 e. The van der Waals surface area contributed by atoms with Crippen LogP contribution in [-0.2, 0) is 13.9 Å². The van der Waals surface area contributed by atoms with Gasteiger partial charge in [0.25, 0.3) is 5.97 Å². The van der Waals surface area contributed by atoms with Crippen molar-refractivity contribution < 1.29 is 13.9 Å². The molecule has 12 heavy (non-hydrogen) atoms. The molecule has 4 heteroatoms. The van der Waals surface area contributed by atoms with Crippen molar-refractivity contribution in [2.75, 3.05) is 14.2 Å². The predicted molar refractivity (Wildman–Crippen MR) is 51.8 cm³/mol. The number of methoxy groups -OCH3 is 2. The second-order valence-corrected chi connectivity index (χ2v) is 6.82. The summed E-state index contributed by atoms with van der Waals surface area (Å²) in [5.74, 6) is -0.848. The summed E-state index contributed by atoms with van der Waals surface area (Å²) in [6, 6.07) is 0. The molecule has 0 spiro atoms. The lowest BCUT2D eigenvalue weighted by molar-refractivity contribution is -0.311. The van der Waals surface area contributed by atoms with Gasteiger partial charge in [-0.05, 0) is 5.04 Å². The molecule has 0 N–H and O–H groups in total. The van der Waals surface area contributed by atoms with E-state index in [4.69, 9.17) is 13.9 Å². The Morgan fingerprint density at radius 1 is 0.917 bits per heavy atom. The Balaban J connectivity index is 3.89. The molecule has 0 unspecified atom stereocenters. The normalized spacial score (nSPS) is 14.5. The average Bonchev–Trinajstić information content (AvgIpc) is 1.99. The van der Waals surface area contributed by atoms with E-state index in [1.54, 1.807) is 21.1 Å². The molecule has 0 aromatic rings. The third-order valence-corrected chi connectivity index (χ3v) is 3.04. The molecule has 0 bridgehead atoms. The lowest BCUT2D eigenvalue weighted by atomic mass is 10.3. The minimum absolute atomic E-state index is 0.262. The molecule has 0 rings (SSSR count). The van der Waals surface area contributed by atoms with Gasteiger partial charge in [-0.25, -0.2) is 0 Å². The number of ether oxygens (including phenoxy) is 2. The third kappa shape index (κ3) is 4.87. The van der Waals surface area contributed by atoms with Crippen LogP contribution in [0.4, 0.5) is 0 Å². The molecule has 0 radical (unpaired) electrons. The van der Waals surface area contributed by atoms with E-state index < -0.39 is 15.7 Å². The van der Waals surface area contributed by atoms with Gasteiger partial charge >= 0.3 is 0 Å². The molecule has 0 atom stereocenters. The zero-order chi connectivity index (χ0) is 9.83. The van der Waals surface area contributed by atoms with Gasteiger partial charge in [-0.1, -0.05) is 20.8 Å². The van der Waals surface area contributed by atoms with Gasteiger partial charge in [0.2, 0.25) is 0 Å². The maximum atomic E-state index is 5.59. The van der Waals surface area contributed by atoms with Gasteiger partial charge in [-0.2, -0.15) is 0 Å². The molecule has 0 amide bonds. The Bertz CT molecular complexity index is 127. The molecule has 0 aliphatic carbocycles. The van der Waals surface area contributed by atoms with Crippen LogP contribution in [0.25, 0.3) is 0 Å². The Hall–Kier alpha value is 0.0969. The number of rotatable bonds is 4. The molecule has 0 aromatic heterocycles. The summed E-state index contributed by atoms with van der Waals surface area (Å²) in [5.41, 5.74) is 0. The van der Waals surface area contributed by atoms with Crippen LogP contribution in [0.3, 0.4) is 0 Å². The van der Waals surface area contributed by atoms with E-state index in [2.05, 4.69) is 20.8 Å². The van der Waals surface area contributed by atoms with Gasteiger partial charge in [0.15, 0.2) is 9.76 Å². The average molecular weight is 192 g/mol. The molecule has 3 nitrogen and oxygen atoms in total. The second kappa shape index (κ2) is 4.37. The monoisotopic (exact) mass is 192 g/mol. The van der Waals surface area contributed by atoms with Crippen molar-refractivity contribution >= 4 is 9.76 Å². The van der Waals surface area contributed by atoms with Crippen molar-refractivity contribution in [1.82, 2.24) is 0 Å². The van der Waals surface area contributed by atoms with Crippen molar-refractivity contribution in [3.05, 3.63) is 0 Å². The molecule has 0 heterocycles. The van der Waals surface area contributed by atoms with E-state index in [9.17, 15) is 0 Å². The first-order chi connectivity index (χ1) is 5.33. The Morgan fingerprint density at radius 2 is 1.33 bits per heavy atom.